The average molecular weight is 359 g/mol. The summed E-state index contributed by atoms with van der Waals surface area (Å²) in [5.41, 5.74) is 2.92. The number of hydrogen-bond acceptors (Lipinski definition) is 3. The van der Waals surface area contributed by atoms with Gasteiger partial charge in [0.15, 0.2) is 6.61 Å². The normalized spacial score (nSPS) is 14.5. The molecule has 1 fully saturated rings. The van der Waals surface area contributed by atoms with Crippen LogP contribution in [0.15, 0.2) is 42.5 Å². The molecule has 1 N–H and O–H groups in total. The Morgan fingerprint density at radius 2 is 1.96 bits per heavy atom. The van der Waals surface area contributed by atoms with E-state index in [0.717, 1.165) is 36.4 Å². The lowest BCUT2D eigenvalue weighted by atomic mass is 10.1. The monoisotopic (exact) mass is 358 g/mol. The van der Waals surface area contributed by atoms with Gasteiger partial charge in [-0.3, -0.25) is 9.69 Å². The highest BCUT2D eigenvalue weighted by Gasteiger charge is 2.14. The summed E-state index contributed by atoms with van der Waals surface area (Å²) in [5, 5.41) is 3.65. The Morgan fingerprint density at radius 1 is 1.20 bits per heavy atom. The standard InChI is InChI=1S/C20H23ClN2O2/c1-15-12-17(8-9-18(15)21)25-14-20(24)22-19-7-3-2-6-16(19)13-23-10-4-5-11-23/h2-3,6-9,12H,4-5,10-11,13-14H2,1H3,(H,22,24). The predicted molar refractivity (Wildman–Crippen MR) is 101 cm³/mol. The summed E-state index contributed by atoms with van der Waals surface area (Å²) in [6.07, 6.45) is 2.51. The van der Waals surface area contributed by atoms with Gasteiger partial charge in [-0.1, -0.05) is 29.8 Å². The first-order chi connectivity index (χ1) is 12.1. The van der Waals surface area contributed by atoms with Crippen molar-refractivity contribution < 1.29 is 9.53 Å². The maximum Gasteiger partial charge on any atom is 0.262 e. The highest BCUT2D eigenvalue weighted by molar-refractivity contribution is 6.31. The number of carbonyl (C=O) groups excluding carboxylic acids is 1. The second-order valence-electron chi connectivity index (χ2n) is 6.39. The molecule has 4 nitrogen and oxygen atoms in total. The number of nitrogens with one attached hydrogen (secondary N) is 1. The van der Waals surface area contributed by atoms with Crippen LogP contribution in [0.3, 0.4) is 0 Å². The van der Waals surface area contributed by atoms with Crippen LogP contribution in [-0.2, 0) is 11.3 Å². The zero-order valence-corrected chi connectivity index (χ0v) is 15.2. The van der Waals surface area contributed by atoms with Gasteiger partial charge >= 0.3 is 0 Å². The molecule has 1 aliphatic heterocycles. The van der Waals surface area contributed by atoms with E-state index in [1.54, 1.807) is 12.1 Å². The Hall–Kier alpha value is -2.04. The Labute approximate surface area is 153 Å². The highest BCUT2D eigenvalue weighted by atomic mass is 35.5. The van der Waals surface area contributed by atoms with Crippen LogP contribution in [0.4, 0.5) is 5.69 Å². The van der Waals surface area contributed by atoms with E-state index in [0.29, 0.717) is 10.8 Å². The number of carbonyl (C=O) groups is 1. The zero-order valence-electron chi connectivity index (χ0n) is 14.4. The Balaban J connectivity index is 1.57. The molecule has 1 amide bonds. The van der Waals surface area contributed by atoms with Crippen molar-refractivity contribution in [3.8, 4) is 5.75 Å². The summed E-state index contributed by atoms with van der Waals surface area (Å²) in [6, 6.07) is 13.3. The van der Waals surface area contributed by atoms with Crippen molar-refractivity contribution >= 4 is 23.2 Å². The van der Waals surface area contributed by atoms with Gasteiger partial charge in [0.05, 0.1) is 0 Å². The van der Waals surface area contributed by atoms with E-state index in [2.05, 4.69) is 16.3 Å². The number of nitrogens with zero attached hydrogens (tertiary/aromatic N) is 1. The second-order valence-corrected chi connectivity index (χ2v) is 6.80. The Bertz CT molecular complexity index is 742. The molecule has 3 rings (SSSR count). The molecule has 0 aromatic heterocycles. The summed E-state index contributed by atoms with van der Waals surface area (Å²) < 4.78 is 5.57. The number of likely N-dealkylation sites (tertiary alicyclic amines) is 1. The molecule has 0 atom stereocenters. The number of hydrogen-bond donors (Lipinski definition) is 1. The van der Waals surface area contributed by atoms with E-state index in [1.165, 1.54) is 12.8 Å². The molecule has 25 heavy (non-hydrogen) atoms. The summed E-state index contributed by atoms with van der Waals surface area (Å²) in [4.78, 5) is 14.7. The van der Waals surface area contributed by atoms with Crippen molar-refractivity contribution in [1.29, 1.82) is 0 Å². The molecule has 0 aliphatic carbocycles. The average Bonchev–Trinajstić information content (AvgIpc) is 3.11. The molecule has 1 heterocycles. The van der Waals surface area contributed by atoms with Gasteiger partial charge in [0.1, 0.15) is 5.75 Å². The third-order valence-corrected chi connectivity index (χ3v) is 4.81. The number of rotatable bonds is 6. The van der Waals surface area contributed by atoms with Gasteiger partial charge in [-0.2, -0.15) is 0 Å². The van der Waals surface area contributed by atoms with E-state index in [-0.39, 0.29) is 12.5 Å². The maximum atomic E-state index is 12.3. The molecular formula is C20H23ClN2O2. The summed E-state index contributed by atoms with van der Waals surface area (Å²) in [7, 11) is 0. The van der Waals surface area contributed by atoms with Gasteiger partial charge in [0, 0.05) is 17.3 Å². The fourth-order valence-corrected chi connectivity index (χ4v) is 3.12. The van der Waals surface area contributed by atoms with E-state index in [4.69, 9.17) is 16.3 Å². The molecule has 5 heteroatoms. The SMILES string of the molecule is Cc1cc(OCC(=O)Nc2ccccc2CN2CCCC2)ccc1Cl. The fraction of sp³-hybridized carbons (Fsp3) is 0.350. The van der Waals surface area contributed by atoms with Crippen LogP contribution in [0.2, 0.25) is 5.02 Å². The molecular weight excluding hydrogens is 336 g/mol. The van der Waals surface area contributed by atoms with Crippen LogP contribution in [0, 0.1) is 6.92 Å². The van der Waals surface area contributed by atoms with E-state index in [9.17, 15) is 4.79 Å². The van der Waals surface area contributed by atoms with Crippen molar-refractivity contribution in [2.24, 2.45) is 0 Å². The highest BCUT2D eigenvalue weighted by Crippen LogP contribution is 2.22. The summed E-state index contributed by atoms with van der Waals surface area (Å²) in [6.45, 7) is 5.00. The Morgan fingerprint density at radius 3 is 2.72 bits per heavy atom. The molecule has 2 aromatic carbocycles. The smallest absolute Gasteiger partial charge is 0.262 e. The molecule has 132 valence electrons. The molecule has 1 saturated heterocycles. The topological polar surface area (TPSA) is 41.6 Å². The minimum Gasteiger partial charge on any atom is -0.484 e. The molecule has 0 bridgehead atoms. The fourth-order valence-electron chi connectivity index (χ4n) is 3.00. The van der Waals surface area contributed by atoms with E-state index < -0.39 is 0 Å². The van der Waals surface area contributed by atoms with Gasteiger partial charge in [-0.05, 0) is 68.2 Å². The van der Waals surface area contributed by atoms with Crippen LogP contribution in [0.1, 0.15) is 24.0 Å². The van der Waals surface area contributed by atoms with Crippen LogP contribution in [0.25, 0.3) is 0 Å². The lowest BCUT2D eigenvalue weighted by Crippen LogP contribution is -2.23. The molecule has 0 spiro atoms. The number of halogens is 1. The number of ether oxygens (including phenoxy) is 1. The number of anilines is 1. The van der Waals surface area contributed by atoms with Crippen molar-refractivity contribution in [2.75, 3.05) is 25.0 Å². The lowest BCUT2D eigenvalue weighted by Gasteiger charge is -2.18. The van der Waals surface area contributed by atoms with Crippen LogP contribution < -0.4 is 10.1 Å². The molecule has 1 aliphatic rings. The molecule has 0 unspecified atom stereocenters. The van der Waals surface area contributed by atoms with Crippen molar-refractivity contribution in [2.45, 2.75) is 26.3 Å². The third-order valence-electron chi connectivity index (χ3n) is 4.38. The van der Waals surface area contributed by atoms with Crippen molar-refractivity contribution in [3.05, 3.63) is 58.6 Å². The maximum absolute atomic E-state index is 12.3. The van der Waals surface area contributed by atoms with Gasteiger partial charge in [0.2, 0.25) is 0 Å². The van der Waals surface area contributed by atoms with Crippen LogP contribution >= 0.6 is 11.6 Å². The van der Waals surface area contributed by atoms with Crippen molar-refractivity contribution in [1.82, 2.24) is 4.90 Å². The largest absolute Gasteiger partial charge is 0.484 e. The second kappa shape index (κ2) is 8.37. The van der Waals surface area contributed by atoms with Crippen LogP contribution in [-0.4, -0.2) is 30.5 Å². The minimum atomic E-state index is -0.165. The minimum absolute atomic E-state index is 0.0286. The van der Waals surface area contributed by atoms with Crippen LogP contribution in [0.5, 0.6) is 5.75 Å². The number of para-hydroxylation sites is 1. The first kappa shape index (κ1) is 17.8. The molecule has 2 aromatic rings. The Kier molecular flexibility index (Phi) is 5.95. The third kappa shape index (κ3) is 4.97. The molecule has 0 radical (unpaired) electrons. The number of aryl methyl sites for hydroxylation is 1. The number of amides is 1. The van der Waals surface area contributed by atoms with Gasteiger partial charge in [0.25, 0.3) is 5.91 Å². The lowest BCUT2D eigenvalue weighted by molar-refractivity contribution is -0.118. The summed E-state index contributed by atoms with van der Waals surface area (Å²) in [5.74, 6) is 0.476. The first-order valence-electron chi connectivity index (χ1n) is 8.61. The quantitative estimate of drug-likeness (QED) is 0.838. The van der Waals surface area contributed by atoms with E-state index in [1.807, 2.05) is 31.2 Å². The number of benzene rings is 2. The van der Waals surface area contributed by atoms with Gasteiger partial charge in [-0.15, -0.1) is 0 Å². The first-order valence-corrected chi connectivity index (χ1v) is 8.99. The van der Waals surface area contributed by atoms with Gasteiger partial charge < -0.3 is 10.1 Å². The van der Waals surface area contributed by atoms with E-state index >= 15 is 0 Å². The zero-order chi connectivity index (χ0) is 17.6. The van der Waals surface area contributed by atoms with Gasteiger partial charge in [-0.25, -0.2) is 0 Å². The predicted octanol–water partition coefficient (Wildman–Crippen LogP) is 4.26. The summed E-state index contributed by atoms with van der Waals surface area (Å²) >= 11 is 6.00. The molecule has 0 saturated carbocycles. The van der Waals surface area contributed by atoms with Crippen molar-refractivity contribution in [3.63, 3.8) is 0 Å².